The molecule has 0 fully saturated rings. The summed E-state index contributed by atoms with van der Waals surface area (Å²) in [5, 5.41) is 93.8. The first-order chi connectivity index (χ1) is 57.2. The molecule has 0 radical (unpaired) electrons. The summed E-state index contributed by atoms with van der Waals surface area (Å²) in [5.41, 5.74) is 23.0. The lowest BCUT2D eigenvalue weighted by Gasteiger charge is -2.28. The summed E-state index contributed by atoms with van der Waals surface area (Å²) in [5.74, 6) is -23.8. The number of nitrogens with two attached hydrogens (primary N) is 4. The predicted octanol–water partition coefficient (Wildman–Crippen LogP) is -8.90. The van der Waals surface area contributed by atoms with Crippen LogP contribution in [0.5, 0.6) is 0 Å². The summed E-state index contributed by atoms with van der Waals surface area (Å²) in [6, 6.07) is -11.2. The summed E-state index contributed by atoms with van der Waals surface area (Å²) >= 11 is 9.53. The van der Waals surface area contributed by atoms with E-state index in [4.69, 9.17) is 22.9 Å². The highest BCUT2D eigenvalue weighted by Crippen LogP contribution is 2.21. The predicted molar refractivity (Wildman–Crippen MR) is 440 cm³/mol. The third kappa shape index (κ3) is 35.9. The molecule has 0 bridgehead atoms. The number of amides is 17. The number of H-pyrrole nitrogens is 1. The zero-order valence-electron chi connectivity index (χ0n) is 67.1. The molecule has 17 amide bonds. The van der Waals surface area contributed by atoms with Gasteiger partial charge in [-0.3, -0.25) is 86.3 Å². The van der Waals surface area contributed by atoms with Gasteiger partial charge >= 0.3 is 11.9 Å². The Morgan fingerprint density at radius 1 is 0.413 bits per heavy atom. The van der Waals surface area contributed by atoms with Gasteiger partial charge in [0.1, 0.15) is 84.6 Å². The van der Waals surface area contributed by atoms with Gasteiger partial charge in [-0.25, -0.2) is 4.79 Å². The van der Waals surface area contributed by atoms with E-state index < -0.39 is 285 Å². The number of benzene rings is 2. The Labute approximate surface area is 710 Å². The number of aliphatic hydroxyl groups excluding tert-OH is 4. The van der Waals surface area contributed by atoms with E-state index in [1.54, 1.807) is 88.5 Å². The van der Waals surface area contributed by atoms with Gasteiger partial charge in [0.2, 0.25) is 100 Å². The molecule has 47 heteroatoms. The molecule has 0 saturated heterocycles. The lowest BCUT2D eigenvalue weighted by Crippen LogP contribution is -2.62. The summed E-state index contributed by atoms with van der Waals surface area (Å²) in [7, 11) is 0. The van der Waals surface area contributed by atoms with Crippen LogP contribution in [-0.2, 0) is 104 Å². The van der Waals surface area contributed by atoms with Gasteiger partial charge in [-0.2, -0.15) is 37.0 Å². The molecule has 3 aromatic rings. The smallest absolute Gasteiger partial charge is 0.326 e. The van der Waals surface area contributed by atoms with Crippen molar-refractivity contribution in [2.45, 2.75) is 195 Å². The number of aromatic amines is 1. The molecule has 0 aliphatic heterocycles. The average molecular weight is 1760 g/mol. The molecular weight excluding hydrogens is 1650 g/mol. The van der Waals surface area contributed by atoms with Crippen LogP contribution in [0.1, 0.15) is 103 Å². The monoisotopic (exact) mass is 1760 g/mol. The van der Waals surface area contributed by atoms with Crippen molar-refractivity contribution in [3.63, 3.8) is 0 Å². The molecule has 0 spiro atoms. The highest BCUT2D eigenvalue weighted by Gasteiger charge is 2.40. The summed E-state index contributed by atoms with van der Waals surface area (Å²) < 4.78 is 0. The van der Waals surface area contributed by atoms with Crippen molar-refractivity contribution in [1.82, 2.24) is 79.4 Å². The van der Waals surface area contributed by atoms with E-state index in [0.29, 0.717) is 28.5 Å². The second-order valence-corrected chi connectivity index (χ2v) is 30.2. The van der Waals surface area contributed by atoms with Crippen LogP contribution in [0.3, 0.4) is 0 Å². The molecule has 29 N–H and O–H groups in total. The van der Waals surface area contributed by atoms with E-state index in [1.165, 1.54) is 18.0 Å². The average Bonchev–Trinajstić information content (AvgIpc) is 1.72. The van der Waals surface area contributed by atoms with Crippen molar-refractivity contribution in [3.8, 4) is 0 Å². The largest absolute Gasteiger partial charge is 0.481 e. The Morgan fingerprint density at radius 2 is 0.752 bits per heavy atom. The first-order valence-electron chi connectivity index (χ1n) is 38.2. The van der Waals surface area contributed by atoms with Crippen molar-refractivity contribution in [1.29, 1.82) is 0 Å². The number of fused-ring (bicyclic) bond motifs is 1. The van der Waals surface area contributed by atoms with Crippen molar-refractivity contribution >= 4 is 160 Å². The Balaban J connectivity index is 1.95. The van der Waals surface area contributed by atoms with Crippen LogP contribution in [0.25, 0.3) is 10.9 Å². The normalized spacial score (nSPS) is 15.1. The number of carboxylic acids is 2. The number of carboxylic acid groups (broad SMARTS) is 2. The first-order valence-corrected chi connectivity index (χ1v) is 40.9. The van der Waals surface area contributed by atoms with E-state index in [1.807, 2.05) is 0 Å². The van der Waals surface area contributed by atoms with Crippen LogP contribution in [0.2, 0.25) is 0 Å². The van der Waals surface area contributed by atoms with Crippen LogP contribution in [0.4, 0.5) is 0 Å². The number of carbonyl (C=O) groups is 19. The number of nitrogens with one attached hydrogen (secondary N) is 15. The van der Waals surface area contributed by atoms with E-state index >= 15 is 0 Å². The van der Waals surface area contributed by atoms with Gasteiger partial charge in [0.25, 0.3) is 0 Å². The first kappa shape index (κ1) is 104. The van der Waals surface area contributed by atoms with Gasteiger partial charge in [-0.05, 0) is 73.1 Å². The Morgan fingerprint density at radius 3 is 1.17 bits per heavy atom. The number of aliphatic hydroxyl groups is 4. The number of hydrogen-bond donors (Lipinski definition) is 27. The molecule has 0 aliphatic carbocycles. The number of thiol groups is 2. The standard InChI is InChI=1S/C74H111N19O25S3/c1-6-36(4)59(74(117)118)93-73(116)54(34-120)91-62(105)43(18-21-57(78)100)80-61(104)42(17-20-56(77)99)81-65(108)46(25-37-12-8-7-9-13-37)84-64(107)45(24-35(2)3)83-67(110)48(27-58(101)102)86-68(111)50(30-95)88-66(109)47(26-38-28-79-41-15-11-10-14-39(38)41)85-63(106)44(22-23-121-5)82-72(115)53(33-119)92-71(114)52(32-97)90-70(113)51(31-96)89-69(112)49(29-94)87-60(103)40(75)16-19-55(76)98/h7-15,28,35-36,40,42-54,59,79,94-97,119-120H,6,16-27,29-34,75H2,1-5H3,(H2,76,98)(H2,77,99)(H2,78,100)(H,80,104)(H,81,108)(H,82,115)(H,83,110)(H,84,107)(H,85,106)(H,86,111)(H,87,103)(H,88,109)(H,89,112)(H,90,113)(H,91,105)(H,92,114)(H,93,116)(H,101,102)(H,117,118)/t36-,40-,42-,43-,44-,45-,46-,47-,48-,49-,50-,51-,52-,53-,54-,59-/m0/s1. The number of para-hydroxylation sites is 1. The Kier molecular flexibility index (Phi) is 45.9. The third-order valence-electron chi connectivity index (χ3n) is 18.6. The molecule has 0 saturated carbocycles. The summed E-state index contributed by atoms with van der Waals surface area (Å²) in [6.07, 6.45) is -1.57. The Hall–Kier alpha value is -11.2. The fraction of sp³-hybridized carbons (Fsp3) is 0.554. The lowest BCUT2D eigenvalue weighted by atomic mass is 9.99. The maximum Gasteiger partial charge on any atom is 0.326 e. The van der Waals surface area contributed by atoms with Gasteiger partial charge in [0.05, 0.1) is 38.9 Å². The van der Waals surface area contributed by atoms with Crippen LogP contribution in [0.15, 0.2) is 60.8 Å². The Bertz CT molecular complexity index is 4090. The number of aromatic nitrogens is 1. The number of rotatable bonds is 57. The molecule has 44 nitrogen and oxygen atoms in total. The third-order valence-corrected chi connectivity index (χ3v) is 20.0. The molecule has 1 heterocycles. The lowest BCUT2D eigenvalue weighted by molar-refractivity contribution is -0.144. The fourth-order valence-corrected chi connectivity index (χ4v) is 12.6. The summed E-state index contributed by atoms with van der Waals surface area (Å²) in [6.45, 7) is 1.88. The van der Waals surface area contributed by atoms with Crippen LogP contribution in [-0.4, -0.2) is 289 Å². The van der Waals surface area contributed by atoms with Crippen molar-refractivity contribution < 1.29 is 122 Å². The van der Waals surface area contributed by atoms with E-state index in [2.05, 4.69) is 105 Å². The number of thioether (sulfide) groups is 1. The SMILES string of the molecule is CC[C@H](C)[C@H](NC(=O)[C@H](CS)NC(=O)[C@H](CCC(N)=O)NC(=O)[C@H](CCC(N)=O)NC(=O)[C@H](Cc1ccccc1)NC(=O)[C@H](CC(C)C)NC(=O)[C@H](CC(=O)O)NC(=O)[C@H](CO)NC(=O)[C@H](Cc1c[nH]c2ccccc12)NC(=O)[C@H](CCSC)NC(=O)[C@H](CS)NC(=O)[C@H](CO)NC(=O)[C@H](CO)NC(=O)[C@H](CO)NC(=O)[C@@H](N)CCC(N)=O)C(=O)O. The molecule has 16 atom stereocenters. The van der Waals surface area contributed by atoms with E-state index in [9.17, 15) is 122 Å². The van der Waals surface area contributed by atoms with E-state index in [-0.39, 0.29) is 44.3 Å². The minimum Gasteiger partial charge on any atom is -0.481 e. The number of hydrogen-bond acceptors (Lipinski definition) is 27. The second kappa shape index (κ2) is 53.4. The van der Waals surface area contributed by atoms with E-state index in [0.717, 1.165) is 0 Å². The number of primary amides is 3. The van der Waals surface area contributed by atoms with Crippen LogP contribution in [0, 0.1) is 11.8 Å². The molecular formula is C74H111N19O25S3. The van der Waals surface area contributed by atoms with Crippen molar-refractivity contribution in [2.75, 3.05) is 49.9 Å². The highest BCUT2D eigenvalue weighted by atomic mass is 32.2. The maximum atomic E-state index is 14.7. The molecule has 121 heavy (non-hydrogen) atoms. The van der Waals surface area contributed by atoms with Crippen molar-refractivity contribution in [2.24, 2.45) is 34.8 Å². The quantitative estimate of drug-likeness (QED) is 0.0233. The topological polar surface area (TPSA) is 734 Å². The van der Waals surface area contributed by atoms with Crippen molar-refractivity contribution in [3.05, 3.63) is 71.9 Å². The molecule has 670 valence electrons. The van der Waals surface area contributed by atoms with Gasteiger partial charge in [0.15, 0.2) is 0 Å². The molecule has 2 aromatic carbocycles. The molecule has 0 unspecified atom stereocenters. The van der Waals surface area contributed by atoms with Gasteiger partial charge in [-0.1, -0.05) is 82.6 Å². The highest BCUT2D eigenvalue weighted by molar-refractivity contribution is 7.98. The minimum absolute atomic E-state index is 0.156. The van der Waals surface area contributed by atoms with Gasteiger partial charge in [-0.15, -0.1) is 0 Å². The second-order valence-electron chi connectivity index (χ2n) is 28.5. The zero-order chi connectivity index (χ0) is 90.9. The van der Waals surface area contributed by atoms with Gasteiger partial charge in [0, 0.05) is 60.7 Å². The molecule has 3 rings (SSSR count). The fourth-order valence-electron chi connectivity index (χ4n) is 11.6. The van der Waals surface area contributed by atoms with Gasteiger partial charge < -0.3 is 133 Å². The minimum atomic E-state index is -2.12. The maximum absolute atomic E-state index is 14.7. The van der Waals surface area contributed by atoms with Crippen LogP contribution < -0.4 is 97.4 Å². The zero-order valence-corrected chi connectivity index (χ0v) is 69.7. The number of carbonyl (C=O) groups excluding carboxylic acids is 17. The summed E-state index contributed by atoms with van der Waals surface area (Å²) in [4.78, 5) is 259. The number of aliphatic carboxylic acids is 2. The van der Waals surface area contributed by atoms with Crippen LogP contribution >= 0.6 is 37.0 Å². The molecule has 1 aromatic heterocycles. The molecule has 0 aliphatic rings.